The Kier molecular flexibility index (Phi) is 5.83. The Morgan fingerprint density at radius 1 is 1.00 bits per heavy atom. The van der Waals surface area contributed by atoms with Crippen molar-refractivity contribution in [2.75, 3.05) is 19.1 Å². The maximum Gasteiger partial charge on any atom is 0.301 e. The minimum Gasteiger partial charge on any atom is -0.507 e. The van der Waals surface area contributed by atoms with Crippen molar-refractivity contribution in [3.05, 3.63) is 88.6 Å². The molecule has 1 atom stereocenters. The Labute approximate surface area is 189 Å². The van der Waals surface area contributed by atoms with E-state index in [9.17, 15) is 14.7 Å². The Bertz CT molecular complexity index is 1210. The molecule has 0 radical (unpaired) electrons. The highest BCUT2D eigenvalue weighted by Crippen LogP contribution is 2.43. The third kappa shape index (κ3) is 3.67. The lowest BCUT2D eigenvalue weighted by molar-refractivity contribution is -0.132. The molecule has 0 aliphatic carbocycles. The SMILES string of the molecule is COc1ccc(C2C(=C(O)c3ccc(Cl)cc3)C(=O)C(=O)N2c2ccccn2)cc1OC. The molecule has 1 N–H and O–H groups in total. The number of halogens is 1. The van der Waals surface area contributed by atoms with Crippen molar-refractivity contribution < 1.29 is 24.2 Å². The third-order valence-corrected chi connectivity index (χ3v) is 5.43. The molecule has 1 aliphatic heterocycles. The van der Waals surface area contributed by atoms with Crippen LogP contribution in [-0.2, 0) is 9.59 Å². The predicted molar refractivity (Wildman–Crippen MR) is 120 cm³/mol. The van der Waals surface area contributed by atoms with Crippen LogP contribution in [0.1, 0.15) is 17.2 Å². The van der Waals surface area contributed by atoms with Crippen molar-refractivity contribution in [3.63, 3.8) is 0 Å². The van der Waals surface area contributed by atoms with E-state index < -0.39 is 17.7 Å². The van der Waals surface area contributed by atoms with Crippen molar-refractivity contribution in [1.29, 1.82) is 0 Å². The first-order valence-corrected chi connectivity index (χ1v) is 10.0. The number of rotatable bonds is 5. The second-order valence-electron chi connectivity index (χ2n) is 6.98. The number of aliphatic hydroxyl groups is 1. The number of pyridine rings is 1. The van der Waals surface area contributed by atoms with Gasteiger partial charge in [0, 0.05) is 16.8 Å². The molecule has 0 saturated carbocycles. The zero-order valence-corrected chi connectivity index (χ0v) is 18.0. The fourth-order valence-corrected chi connectivity index (χ4v) is 3.79. The van der Waals surface area contributed by atoms with Crippen LogP contribution in [0.2, 0.25) is 5.02 Å². The van der Waals surface area contributed by atoms with Gasteiger partial charge in [0.15, 0.2) is 11.5 Å². The molecule has 1 aliphatic rings. The van der Waals surface area contributed by atoms with Gasteiger partial charge in [0.05, 0.1) is 25.8 Å². The van der Waals surface area contributed by atoms with Crippen LogP contribution < -0.4 is 14.4 Å². The molecule has 1 saturated heterocycles. The summed E-state index contributed by atoms with van der Waals surface area (Å²) >= 11 is 5.96. The third-order valence-electron chi connectivity index (χ3n) is 5.18. The number of anilines is 1. The van der Waals surface area contributed by atoms with E-state index in [0.717, 1.165) is 0 Å². The number of amides is 1. The van der Waals surface area contributed by atoms with E-state index in [4.69, 9.17) is 21.1 Å². The minimum atomic E-state index is -0.930. The number of methoxy groups -OCH3 is 2. The van der Waals surface area contributed by atoms with E-state index >= 15 is 0 Å². The Balaban J connectivity index is 1.96. The highest BCUT2D eigenvalue weighted by atomic mass is 35.5. The van der Waals surface area contributed by atoms with Crippen molar-refractivity contribution in [1.82, 2.24) is 4.98 Å². The molecule has 1 amide bonds. The number of ether oxygens (including phenoxy) is 2. The largest absolute Gasteiger partial charge is 0.507 e. The van der Waals surface area contributed by atoms with Crippen molar-refractivity contribution in [3.8, 4) is 11.5 Å². The number of aliphatic hydroxyl groups excluding tert-OH is 1. The Hall–Kier alpha value is -3.84. The van der Waals surface area contributed by atoms with Gasteiger partial charge < -0.3 is 14.6 Å². The lowest BCUT2D eigenvalue weighted by Gasteiger charge is -2.25. The smallest absolute Gasteiger partial charge is 0.301 e. The molecular formula is C24H19ClN2O5. The second kappa shape index (κ2) is 8.72. The number of aromatic nitrogens is 1. The van der Waals surface area contributed by atoms with Gasteiger partial charge in [-0.1, -0.05) is 23.7 Å². The van der Waals surface area contributed by atoms with Gasteiger partial charge in [-0.15, -0.1) is 0 Å². The molecule has 1 fully saturated rings. The van der Waals surface area contributed by atoms with Crippen LogP contribution in [0.15, 0.2) is 72.4 Å². The van der Waals surface area contributed by atoms with Crippen LogP contribution >= 0.6 is 11.6 Å². The van der Waals surface area contributed by atoms with E-state index in [1.807, 2.05) is 0 Å². The molecular weight excluding hydrogens is 432 g/mol. The van der Waals surface area contributed by atoms with E-state index in [2.05, 4.69) is 4.98 Å². The van der Waals surface area contributed by atoms with Gasteiger partial charge in [-0.05, 0) is 54.1 Å². The number of nitrogens with zero attached hydrogens (tertiary/aromatic N) is 2. The van der Waals surface area contributed by atoms with Crippen LogP contribution in [0, 0.1) is 0 Å². The highest BCUT2D eigenvalue weighted by molar-refractivity contribution is 6.51. The normalized spacial score (nSPS) is 17.5. The lowest BCUT2D eigenvalue weighted by atomic mass is 9.95. The standard InChI is InChI=1S/C24H19ClN2O5/c1-31-17-11-8-15(13-18(17)32-2)21-20(22(28)14-6-9-16(25)10-7-14)23(29)24(30)27(21)19-5-3-4-12-26-19/h3-13,21,28H,1-2H3. The minimum absolute atomic E-state index is 0.0600. The molecule has 162 valence electrons. The van der Waals surface area contributed by atoms with Gasteiger partial charge in [0.25, 0.3) is 5.78 Å². The fourth-order valence-electron chi connectivity index (χ4n) is 3.67. The Morgan fingerprint density at radius 2 is 1.72 bits per heavy atom. The van der Waals surface area contributed by atoms with Crippen molar-refractivity contribution in [2.45, 2.75) is 6.04 Å². The molecule has 3 aromatic rings. The van der Waals surface area contributed by atoms with Gasteiger partial charge in [0.1, 0.15) is 11.6 Å². The summed E-state index contributed by atoms with van der Waals surface area (Å²) in [7, 11) is 3.00. The number of hydrogen-bond donors (Lipinski definition) is 1. The topological polar surface area (TPSA) is 89.0 Å². The maximum absolute atomic E-state index is 13.1. The van der Waals surface area contributed by atoms with Crippen LogP contribution in [0.4, 0.5) is 5.82 Å². The zero-order chi connectivity index (χ0) is 22.8. The molecule has 1 unspecified atom stereocenters. The number of benzene rings is 2. The number of hydrogen-bond acceptors (Lipinski definition) is 6. The maximum atomic E-state index is 13.1. The molecule has 0 spiro atoms. The summed E-state index contributed by atoms with van der Waals surface area (Å²) in [5.41, 5.74) is 0.845. The van der Waals surface area contributed by atoms with E-state index in [0.29, 0.717) is 27.6 Å². The van der Waals surface area contributed by atoms with Gasteiger partial charge in [-0.2, -0.15) is 0 Å². The first-order chi connectivity index (χ1) is 15.5. The summed E-state index contributed by atoms with van der Waals surface area (Å²) in [6.45, 7) is 0. The number of carbonyl (C=O) groups is 2. The average Bonchev–Trinajstić information content (AvgIpc) is 3.09. The van der Waals surface area contributed by atoms with Crippen LogP contribution in [0.3, 0.4) is 0 Å². The van der Waals surface area contributed by atoms with Gasteiger partial charge in [0.2, 0.25) is 0 Å². The van der Waals surface area contributed by atoms with Crippen LogP contribution in [0.25, 0.3) is 5.76 Å². The van der Waals surface area contributed by atoms with Gasteiger partial charge in [-0.25, -0.2) is 4.98 Å². The molecule has 8 heteroatoms. The monoisotopic (exact) mass is 450 g/mol. The van der Waals surface area contributed by atoms with E-state index in [-0.39, 0.29) is 17.2 Å². The summed E-state index contributed by atoms with van der Waals surface area (Å²) in [5.74, 6) is -0.725. The van der Waals surface area contributed by atoms with Crippen molar-refractivity contribution >= 4 is 34.9 Å². The molecule has 7 nitrogen and oxygen atoms in total. The summed E-state index contributed by atoms with van der Waals surface area (Å²) in [4.78, 5) is 31.7. The number of ketones is 1. The number of Topliss-reactive ketones (excluding diaryl/α,β-unsaturated/α-hetero) is 1. The summed E-state index contributed by atoms with van der Waals surface area (Å²) in [5, 5.41) is 11.6. The quantitative estimate of drug-likeness (QED) is 0.352. The highest BCUT2D eigenvalue weighted by Gasteiger charge is 2.47. The first kappa shape index (κ1) is 21.4. The van der Waals surface area contributed by atoms with Gasteiger partial charge in [-0.3, -0.25) is 14.5 Å². The van der Waals surface area contributed by atoms with Crippen LogP contribution in [-0.4, -0.2) is 36.0 Å². The van der Waals surface area contributed by atoms with Gasteiger partial charge >= 0.3 is 5.91 Å². The molecule has 4 rings (SSSR count). The molecule has 0 bridgehead atoms. The molecule has 1 aromatic heterocycles. The fraction of sp³-hybridized carbons (Fsp3) is 0.125. The molecule has 2 heterocycles. The molecule has 2 aromatic carbocycles. The zero-order valence-electron chi connectivity index (χ0n) is 17.3. The number of carbonyl (C=O) groups excluding carboxylic acids is 2. The summed E-state index contributed by atoms with van der Waals surface area (Å²) in [6, 6.07) is 15.5. The average molecular weight is 451 g/mol. The lowest BCUT2D eigenvalue weighted by Crippen LogP contribution is -2.30. The summed E-state index contributed by atoms with van der Waals surface area (Å²) < 4.78 is 10.7. The summed E-state index contributed by atoms with van der Waals surface area (Å²) in [6.07, 6.45) is 1.53. The van der Waals surface area contributed by atoms with E-state index in [1.165, 1.54) is 25.3 Å². The Morgan fingerprint density at radius 3 is 2.34 bits per heavy atom. The van der Waals surface area contributed by atoms with Crippen LogP contribution in [0.5, 0.6) is 11.5 Å². The second-order valence-corrected chi connectivity index (χ2v) is 7.41. The van der Waals surface area contributed by atoms with Crippen molar-refractivity contribution in [2.24, 2.45) is 0 Å². The first-order valence-electron chi connectivity index (χ1n) is 9.66. The van der Waals surface area contributed by atoms with E-state index in [1.54, 1.807) is 60.7 Å². The molecule has 32 heavy (non-hydrogen) atoms. The predicted octanol–water partition coefficient (Wildman–Crippen LogP) is 4.38.